The molecule has 3 nitrogen and oxygen atoms in total. The van der Waals surface area contributed by atoms with Crippen LogP contribution in [0.5, 0.6) is 0 Å². The lowest BCUT2D eigenvalue weighted by Crippen LogP contribution is -2.30. The molecule has 1 unspecified atom stereocenters. The van der Waals surface area contributed by atoms with Crippen LogP contribution in [0.4, 0.5) is 0 Å². The molecule has 4 heteroatoms. The normalized spacial score (nSPS) is 14.1. The van der Waals surface area contributed by atoms with Crippen LogP contribution >= 0.6 is 7.60 Å². The summed E-state index contributed by atoms with van der Waals surface area (Å²) in [7, 11) is -2.80. The topological polar surface area (TPSA) is 46.5 Å². The molecule has 24 heavy (non-hydrogen) atoms. The highest BCUT2D eigenvalue weighted by Crippen LogP contribution is 2.66. The van der Waals surface area contributed by atoms with Crippen LogP contribution in [0.2, 0.25) is 0 Å². The Hall–Kier alpha value is -2.19. The monoisotopic (exact) mass is 338 g/mol. The molecule has 1 atom stereocenters. The van der Waals surface area contributed by atoms with Crippen LogP contribution in [0.3, 0.4) is 0 Å². The fraction of sp³-hybridized carbons (Fsp3) is 0.100. The van der Waals surface area contributed by atoms with E-state index < -0.39 is 12.8 Å². The third kappa shape index (κ3) is 2.61. The van der Waals surface area contributed by atoms with E-state index in [0.717, 1.165) is 16.7 Å². The first-order valence-corrected chi connectivity index (χ1v) is 9.26. The molecule has 0 saturated heterocycles. The second-order valence-electron chi connectivity index (χ2n) is 5.51. The number of benzene rings is 3. The second-order valence-corrected chi connectivity index (χ2v) is 7.59. The van der Waals surface area contributed by atoms with Crippen molar-refractivity contribution >= 4 is 7.60 Å². The van der Waals surface area contributed by atoms with Crippen molar-refractivity contribution in [2.45, 2.75) is 5.16 Å². The number of rotatable bonds is 5. The SMILES string of the molecule is COP(=O)(O)C(c1ccccc1)(c1ccccc1)c1ccccc1. The smallest absolute Gasteiger partial charge is 0.323 e. The zero-order chi connectivity index (χ0) is 17.0. The predicted octanol–water partition coefficient (Wildman–Crippen LogP) is 4.81. The predicted molar refractivity (Wildman–Crippen MR) is 96.0 cm³/mol. The van der Waals surface area contributed by atoms with Gasteiger partial charge in [0.25, 0.3) is 0 Å². The van der Waals surface area contributed by atoms with Gasteiger partial charge in [-0.2, -0.15) is 0 Å². The van der Waals surface area contributed by atoms with Crippen molar-refractivity contribution < 1.29 is 14.0 Å². The van der Waals surface area contributed by atoms with Gasteiger partial charge in [-0.05, 0) is 16.7 Å². The highest BCUT2D eigenvalue weighted by Gasteiger charge is 2.52. The molecule has 3 rings (SSSR count). The Bertz CT molecular complexity index is 736. The zero-order valence-electron chi connectivity index (χ0n) is 13.4. The number of hydrogen-bond acceptors (Lipinski definition) is 2. The van der Waals surface area contributed by atoms with Gasteiger partial charge in [0.1, 0.15) is 5.16 Å². The van der Waals surface area contributed by atoms with Gasteiger partial charge in [0.2, 0.25) is 0 Å². The van der Waals surface area contributed by atoms with E-state index in [1.165, 1.54) is 7.11 Å². The molecule has 0 bridgehead atoms. The van der Waals surface area contributed by atoms with Crippen LogP contribution in [0.25, 0.3) is 0 Å². The van der Waals surface area contributed by atoms with E-state index in [0.29, 0.717) is 0 Å². The fourth-order valence-corrected chi connectivity index (χ4v) is 4.86. The molecule has 0 fully saturated rings. The van der Waals surface area contributed by atoms with Crippen LogP contribution in [-0.4, -0.2) is 12.0 Å². The largest absolute Gasteiger partial charge is 0.347 e. The zero-order valence-corrected chi connectivity index (χ0v) is 14.3. The maximum absolute atomic E-state index is 13.3. The molecule has 3 aromatic carbocycles. The van der Waals surface area contributed by atoms with Crippen molar-refractivity contribution in [3.05, 3.63) is 108 Å². The standard InChI is InChI=1S/C20H19O3P/c1-23-24(21,22)20(17-11-5-2-6-12-17,18-13-7-3-8-14-18)19-15-9-4-10-16-19/h2-16H,1H3,(H,21,22). The van der Waals surface area contributed by atoms with E-state index in [1.54, 1.807) is 0 Å². The minimum atomic E-state index is -4.08. The van der Waals surface area contributed by atoms with Crippen molar-refractivity contribution in [1.82, 2.24) is 0 Å². The third-order valence-electron chi connectivity index (χ3n) is 4.25. The van der Waals surface area contributed by atoms with E-state index >= 15 is 0 Å². The van der Waals surface area contributed by atoms with Crippen LogP contribution < -0.4 is 0 Å². The van der Waals surface area contributed by atoms with E-state index in [9.17, 15) is 9.46 Å². The van der Waals surface area contributed by atoms with Crippen molar-refractivity contribution in [2.75, 3.05) is 7.11 Å². The fourth-order valence-electron chi connectivity index (χ4n) is 3.16. The molecule has 0 spiro atoms. The van der Waals surface area contributed by atoms with Gasteiger partial charge >= 0.3 is 7.60 Å². The molecule has 0 heterocycles. The van der Waals surface area contributed by atoms with Crippen molar-refractivity contribution in [2.24, 2.45) is 0 Å². The van der Waals surface area contributed by atoms with Crippen LogP contribution in [-0.2, 0) is 14.2 Å². The van der Waals surface area contributed by atoms with E-state index in [1.807, 2.05) is 91.0 Å². The van der Waals surface area contributed by atoms with E-state index in [4.69, 9.17) is 4.52 Å². The van der Waals surface area contributed by atoms with E-state index in [2.05, 4.69) is 0 Å². The van der Waals surface area contributed by atoms with Crippen LogP contribution in [0.1, 0.15) is 16.7 Å². The van der Waals surface area contributed by atoms with Gasteiger partial charge in [0.15, 0.2) is 0 Å². The van der Waals surface area contributed by atoms with Crippen LogP contribution in [0, 0.1) is 0 Å². The minimum Gasteiger partial charge on any atom is -0.323 e. The van der Waals surface area contributed by atoms with Gasteiger partial charge in [0, 0.05) is 7.11 Å². The summed E-state index contributed by atoms with van der Waals surface area (Å²) in [5, 5.41) is -1.29. The molecule has 0 aliphatic heterocycles. The molecule has 0 saturated carbocycles. The first kappa shape index (κ1) is 16.7. The highest BCUT2D eigenvalue weighted by atomic mass is 31.2. The van der Waals surface area contributed by atoms with Gasteiger partial charge in [-0.1, -0.05) is 91.0 Å². The lowest BCUT2D eigenvalue weighted by Gasteiger charge is -2.37. The molecule has 0 aliphatic rings. The molecule has 0 aromatic heterocycles. The lowest BCUT2D eigenvalue weighted by atomic mass is 9.84. The van der Waals surface area contributed by atoms with Gasteiger partial charge in [0.05, 0.1) is 0 Å². The Kier molecular flexibility index (Phi) is 4.68. The van der Waals surface area contributed by atoms with Crippen molar-refractivity contribution in [1.29, 1.82) is 0 Å². The second kappa shape index (κ2) is 6.74. The van der Waals surface area contributed by atoms with Crippen molar-refractivity contribution in [3.63, 3.8) is 0 Å². The minimum absolute atomic E-state index is 0.718. The lowest BCUT2D eigenvalue weighted by molar-refractivity contribution is 0.297. The summed E-state index contributed by atoms with van der Waals surface area (Å²) >= 11 is 0. The van der Waals surface area contributed by atoms with Gasteiger partial charge in [-0.15, -0.1) is 0 Å². The molecule has 0 radical (unpaired) electrons. The Labute approximate surface area is 142 Å². The van der Waals surface area contributed by atoms with Crippen molar-refractivity contribution in [3.8, 4) is 0 Å². The van der Waals surface area contributed by atoms with Crippen LogP contribution in [0.15, 0.2) is 91.0 Å². The quantitative estimate of drug-likeness (QED) is 0.536. The Morgan fingerprint density at radius 2 is 1.00 bits per heavy atom. The first-order chi connectivity index (χ1) is 11.6. The third-order valence-corrected chi connectivity index (χ3v) is 6.36. The molecule has 3 aromatic rings. The van der Waals surface area contributed by atoms with Gasteiger partial charge in [-0.25, -0.2) is 0 Å². The summed E-state index contributed by atoms with van der Waals surface area (Å²) < 4.78 is 18.5. The maximum atomic E-state index is 13.3. The molecule has 0 amide bonds. The summed E-state index contributed by atoms with van der Waals surface area (Å²) in [6.45, 7) is 0. The maximum Gasteiger partial charge on any atom is 0.347 e. The summed E-state index contributed by atoms with van der Waals surface area (Å²) in [4.78, 5) is 10.9. The molecule has 1 N–H and O–H groups in total. The summed E-state index contributed by atoms with van der Waals surface area (Å²) in [5.74, 6) is 0. The summed E-state index contributed by atoms with van der Waals surface area (Å²) in [6.07, 6.45) is 0. The molecular formula is C20H19O3P. The number of hydrogen-bond donors (Lipinski definition) is 1. The average molecular weight is 338 g/mol. The first-order valence-electron chi connectivity index (χ1n) is 7.68. The Morgan fingerprint density at radius 1 is 0.708 bits per heavy atom. The average Bonchev–Trinajstić information content (AvgIpc) is 2.65. The molecule has 0 aliphatic carbocycles. The van der Waals surface area contributed by atoms with E-state index in [-0.39, 0.29) is 0 Å². The van der Waals surface area contributed by atoms with Gasteiger partial charge in [-0.3, -0.25) is 4.57 Å². The summed E-state index contributed by atoms with van der Waals surface area (Å²) in [6, 6.07) is 28.0. The highest BCUT2D eigenvalue weighted by molar-refractivity contribution is 7.54. The Morgan fingerprint density at radius 3 is 1.25 bits per heavy atom. The van der Waals surface area contributed by atoms with Gasteiger partial charge < -0.3 is 9.42 Å². The molecule has 122 valence electrons. The summed E-state index contributed by atoms with van der Waals surface area (Å²) in [5.41, 5.74) is 2.15. The molecular weight excluding hydrogens is 319 g/mol. The Balaban J connectivity index is 2.45.